The number of hydrogen-bond donors (Lipinski definition) is 1. The molecule has 0 atom stereocenters. The topological polar surface area (TPSA) is 49.0 Å². The normalized spacial score (nSPS) is 16.2. The molecule has 2 rings (SSSR count). The van der Waals surface area contributed by atoms with E-state index in [4.69, 9.17) is 0 Å². The second-order valence-corrected chi connectivity index (χ2v) is 2.98. The molecule has 0 saturated heterocycles. The van der Waals surface area contributed by atoms with Crippen molar-refractivity contribution in [1.29, 1.82) is 0 Å². The molecule has 13 heavy (non-hydrogen) atoms. The Morgan fingerprint density at radius 3 is 3.08 bits per heavy atom. The Morgan fingerprint density at radius 1 is 1.54 bits per heavy atom. The Morgan fingerprint density at radius 2 is 2.46 bits per heavy atom. The van der Waals surface area contributed by atoms with Gasteiger partial charge in [-0.15, -0.1) is 0 Å². The predicted molar refractivity (Wildman–Crippen MR) is 48.2 cm³/mol. The van der Waals surface area contributed by atoms with Crippen LogP contribution >= 0.6 is 0 Å². The van der Waals surface area contributed by atoms with Gasteiger partial charge >= 0.3 is 0 Å². The molecule has 0 spiro atoms. The molecule has 0 fully saturated rings. The Kier molecular flexibility index (Phi) is 2.12. The van der Waals surface area contributed by atoms with Gasteiger partial charge in [-0.2, -0.15) is 0 Å². The molecule has 1 aliphatic rings. The van der Waals surface area contributed by atoms with Crippen LogP contribution in [0.3, 0.4) is 0 Å². The minimum atomic E-state index is 0.0295. The van der Waals surface area contributed by atoms with Gasteiger partial charge in [0.1, 0.15) is 5.69 Å². The summed E-state index contributed by atoms with van der Waals surface area (Å²) in [5, 5.41) is 0. The monoisotopic (exact) mass is 177 g/mol. The fourth-order valence-corrected chi connectivity index (χ4v) is 1.37. The van der Waals surface area contributed by atoms with Crippen LogP contribution < -0.4 is 0 Å². The molecule has 1 aromatic heterocycles. The third-order valence-electron chi connectivity index (χ3n) is 2.07. The highest BCUT2D eigenvalue weighted by molar-refractivity contribution is 5.92. The molecule has 0 bridgehead atoms. The van der Waals surface area contributed by atoms with E-state index in [1.165, 1.54) is 6.33 Å². The number of amides is 1. The minimum Gasteiger partial charge on any atom is -0.341 e. The molecule has 1 amide bonds. The lowest BCUT2D eigenvalue weighted by Gasteiger charge is -2.22. The van der Waals surface area contributed by atoms with E-state index in [0.717, 1.165) is 13.0 Å². The maximum Gasteiger partial charge on any atom is 0.272 e. The van der Waals surface area contributed by atoms with E-state index in [1.807, 2.05) is 6.08 Å². The van der Waals surface area contributed by atoms with Gasteiger partial charge in [0.05, 0.1) is 12.5 Å². The van der Waals surface area contributed by atoms with Crippen LogP contribution in [0.4, 0.5) is 0 Å². The van der Waals surface area contributed by atoms with E-state index < -0.39 is 0 Å². The number of rotatable bonds is 1. The molecule has 0 radical (unpaired) electrons. The third kappa shape index (κ3) is 1.61. The summed E-state index contributed by atoms with van der Waals surface area (Å²) in [6, 6.07) is 0. The fourth-order valence-electron chi connectivity index (χ4n) is 1.37. The Bertz CT molecular complexity index is 316. The molecule has 1 aromatic rings. The SMILES string of the molecule is O=C(c1cnc[nH]1)N1CC=CCC1. The summed E-state index contributed by atoms with van der Waals surface area (Å²) >= 11 is 0. The number of nitrogens with zero attached hydrogens (tertiary/aromatic N) is 2. The summed E-state index contributed by atoms with van der Waals surface area (Å²) in [6.45, 7) is 1.51. The van der Waals surface area contributed by atoms with Crippen LogP contribution in [0.1, 0.15) is 16.9 Å². The summed E-state index contributed by atoms with van der Waals surface area (Å²) in [5.74, 6) is 0.0295. The smallest absolute Gasteiger partial charge is 0.272 e. The predicted octanol–water partition coefficient (Wildman–Crippen LogP) is 0.812. The van der Waals surface area contributed by atoms with Gasteiger partial charge in [0, 0.05) is 13.1 Å². The highest BCUT2D eigenvalue weighted by atomic mass is 16.2. The Labute approximate surface area is 76.3 Å². The molecule has 0 saturated carbocycles. The molecular weight excluding hydrogens is 166 g/mol. The maximum atomic E-state index is 11.7. The van der Waals surface area contributed by atoms with Crippen LogP contribution in [-0.2, 0) is 0 Å². The lowest BCUT2D eigenvalue weighted by atomic mass is 10.2. The standard InChI is InChI=1S/C9H11N3O/c13-9(8-6-10-7-11-8)12-4-2-1-3-5-12/h1-2,6-7H,3-5H2,(H,10,11). The number of carbonyl (C=O) groups excluding carboxylic acids is 1. The van der Waals surface area contributed by atoms with Gasteiger partial charge in [-0.05, 0) is 6.42 Å². The first-order chi connectivity index (χ1) is 6.38. The van der Waals surface area contributed by atoms with Crippen LogP contribution in [0.5, 0.6) is 0 Å². The van der Waals surface area contributed by atoms with Crippen molar-refractivity contribution >= 4 is 5.91 Å². The van der Waals surface area contributed by atoms with Gasteiger partial charge in [0.25, 0.3) is 5.91 Å². The van der Waals surface area contributed by atoms with Crippen molar-refractivity contribution in [3.05, 3.63) is 30.4 Å². The van der Waals surface area contributed by atoms with Crippen LogP contribution in [0.25, 0.3) is 0 Å². The van der Waals surface area contributed by atoms with E-state index in [9.17, 15) is 4.79 Å². The number of nitrogens with one attached hydrogen (secondary N) is 1. The van der Waals surface area contributed by atoms with Crippen molar-refractivity contribution in [2.45, 2.75) is 6.42 Å². The second-order valence-electron chi connectivity index (χ2n) is 2.98. The molecular formula is C9H11N3O. The molecule has 0 aromatic carbocycles. The van der Waals surface area contributed by atoms with E-state index in [1.54, 1.807) is 11.1 Å². The van der Waals surface area contributed by atoms with E-state index in [0.29, 0.717) is 12.2 Å². The van der Waals surface area contributed by atoms with Gasteiger partial charge in [-0.1, -0.05) is 12.2 Å². The van der Waals surface area contributed by atoms with E-state index in [2.05, 4.69) is 16.0 Å². The van der Waals surface area contributed by atoms with Crippen molar-refractivity contribution in [1.82, 2.24) is 14.9 Å². The van der Waals surface area contributed by atoms with Crippen molar-refractivity contribution in [3.63, 3.8) is 0 Å². The van der Waals surface area contributed by atoms with Gasteiger partial charge in [-0.25, -0.2) is 4.98 Å². The van der Waals surface area contributed by atoms with Crippen molar-refractivity contribution in [2.24, 2.45) is 0 Å². The average molecular weight is 177 g/mol. The zero-order valence-corrected chi connectivity index (χ0v) is 7.23. The molecule has 0 unspecified atom stereocenters. The number of hydrogen-bond acceptors (Lipinski definition) is 2. The summed E-state index contributed by atoms with van der Waals surface area (Å²) in [5.41, 5.74) is 0.565. The number of carbonyl (C=O) groups is 1. The summed E-state index contributed by atoms with van der Waals surface area (Å²) in [7, 11) is 0. The zero-order valence-electron chi connectivity index (χ0n) is 7.23. The molecule has 2 heterocycles. The summed E-state index contributed by atoms with van der Waals surface area (Å²) < 4.78 is 0. The number of H-pyrrole nitrogens is 1. The lowest BCUT2D eigenvalue weighted by molar-refractivity contribution is 0.0766. The molecule has 1 aliphatic heterocycles. The van der Waals surface area contributed by atoms with Crippen LogP contribution in [0.15, 0.2) is 24.7 Å². The Hall–Kier alpha value is -1.58. The Balaban J connectivity index is 2.09. The summed E-state index contributed by atoms with van der Waals surface area (Å²) in [4.78, 5) is 20.1. The number of aromatic amines is 1. The van der Waals surface area contributed by atoms with Gasteiger partial charge in [0.2, 0.25) is 0 Å². The van der Waals surface area contributed by atoms with Crippen LogP contribution in [-0.4, -0.2) is 33.9 Å². The van der Waals surface area contributed by atoms with Crippen molar-refractivity contribution in [3.8, 4) is 0 Å². The number of imidazole rings is 1. The zero-order chi connectivity index (χ0) is 9.10. The quantitative estimate of drug-likeness (QED) is 0.645. The summed E-state index contributed by atoms with van der Waals surface area (Å²) in [6.07, 6.45) is 8.13. The van der Waals surface area contributed by atoms with Gasteiger partial charge in [-0.3, -0.25) is 4.79 Å². The lowest BCUT2D eigenvalue weighted by Crippen LogP contribution is -2.33. The fraction of sp³-hybridized carbons (Fsp3) is 0.333. The largest absolute Gasteiger partial charge is 0.341 e. The van der Waals surface area contributed by atoms with E-state index in [-0.39, 0.29) is 5.91 Å². The number of aromatic nitrogens is 2. The molecule has 4 heteroatoms. The van der Waals surface area contributed by atoms with Crippen molar-refractivity contribution < 1.29 is 4.79 Å². The van der Waals surface area contributed by atoms with Crippen LogP contribution in [0.2, 0.25) is 0 Å². The first-order valence-electron chi connectivity index (χ1n) is 4.30. The molecule has 0 aliphatic carbocycles. The minimum absolute atomic E-state index is 0.0295. The maximum absolute atomic E-state index is 11.7. The average Bonchev–Trinajstić information content (AvgIpc) is 2.71. The highest BCUT2D eigenvalue weighted by Gasteiger charge is 2.16. The highest BCUT2D eigenvalue weighted by Crippen LogP contribution is 2.05. The van der Waals surface area contributed by atoms with Gasteiger partial charge in [0.15, 0.2) is 0 Å². The van der Waals surface area contributed by atoms with Crippen LogP contribution in [0, 0.1) is 0 Å². The molecule has 1 N–H and O–H groups in total. The van der Waals surface area contributed by atoms with Gasteiger partial charge < -0.3 is 9.88 Å². The van der Waals surface area contributed by atoms with E-state index >= 15 is 0 Å². The molecule has 4 nitrogen and oxygen atoms in total. The third-order valence-corrected chi connectivity index (χ3v) is 2.07. The van der Waals surface area contributed by atoms with Crippen molar-refractivity contribution in [2.75, 3.05) is 13.1 Å². The molecule has 68 valence electrons. The second kappa shape index (κ2) is 3.43. The first kappa shape index (κ1) is 8.04. The first-order valence-corrected chi connectivity index (χ1v) is 4.30.